The van der Waals surface area contributed by atoms with Crippen LogP contribution in [0.2, 0.25) is 0 Å². The Morgan fingerprint density at radius 2 is 2.07 bits per heavy atom. The molecule has 0 spiro atoms. The highest BCUT2D eigenvalue weighted by atomic mass is 16.7. The first-order chi connectivity index (χ1) is 14.0. The molecule has 29 heavy (non-hydrogen) atoms. The number of hydrogen-bond acceptors (Lipinski definition) is 8. The molecule has 0 unspecified atom stereocenters. The Hall–Kier alpha value is -3.79. The minimum atomic E-state index is -0.683. The van der Waals surface area contributed by atoms with Crippen molar-refractivity contribution in [2.24, 2.45) is 0 Å². The summed E-state index contributed by atoms with van der Waals surface area (Å²) in [7, 11) is 0. The summed E-state index contributed by atoms with van der Waals surface area (Å²) in [5.74, 6) is -0.253. The Morgan fingerprint density at radius 1 is 1.28 bits per heavy atom. The minimum absolute atomic E-state index is 0.0241. The Morgan fingerprint density at radius 3 is 2.83 bits per heavy atom. The summed E-state index contributed by atoms with van der Waals surface area (Å²) in [6, 6.07) is 11.9. The number of nitrogens with zero attached hydrogens (tertiary/aromatic N) is 4. The monoisotopic (exact) mass is 396 g/mol. The molecule has 3 aromatic rings. The van der Waals surface area contributed by atoms with Crippen molar-refractivity contribution < 1.29 is 23.9 Å². The molecule has 10 nitrogen and oxygen atoms in total. The lowest BCUT2D eigenvalue weighted by Gasteiger charge is -2.20. The fourth-order valence-corrected chi connectivity index (χ4v) is 2.95. The van der Waals surface area contributed by atoms with Gasteiger partial charge in [-0.2, -0.15) is 9.90 Å². The molecule has 1 aliphatic heterocycles. The molecule has 4 rings (SSSR count). The molecule has 0 saturated heterocycles. The lowest BCUT2D eigenvalue weighted by molar-refractivity contribution is -0.385. The van der Waals surface area contributed by atoms with E-state index in [-0.39, 0.29) is 31.4 Å². The topological polar surface area (TPSA) is 119 Å². The molecule has 0 fully saturated rings. The predicted molar refractivity (Wildman–Crippen MR) is 98.6 cm³/mol. The summed E-state index contributed by atoms with van der Waals surface area (Å²) < 4.78 is 16.0. The van der Waals surface area contributed by atoms with Crippen LogP contribution in [0, 0.1) is 17.0 Å². The van der Waals surface area contributed by atoms with E-state index in [1.807, 2.05) is 30.3 Å². The molecule has 1 aliphatic rings. The average Bonchev–Trinajstić information content (AvgIpc) is 3.14. The van der Waals surface area contributed by atoms with Crippen LogP contribution in [0.3, 0.4) is 0 Å². The quantitative estimate of drug-likeness (QED) is 0.367. The molecule has 0 amide bonds. The number of rotatable bonds is 5. The molecule has 0 radical (unpaired) electrons. The highest BCUT2D eigenvalue weighted by molar-refractivity contribution is 5.88. The van der Waals surface area contributed by atoms with Crippen molar-refractivity contribution in [3.8, 4) is 11.4 Å². The normalized spacial score (nSPS) is 12.7. The molecule has 1 aromatic heterocycles. The maximum atomic E-state index is 12.5. The van der Waals surface area contributed by atoms with Crippen LogP contribution in [0.4, 0.5) is 5.69 Å². The number of nitro groups is 1. The Kier molecular flexibility index (Phi) is 4.92. The highest BCUT2D eigenvalue weighted by Gasteiger charge is 2.23. The second kappa shape index (κ2) is 7.68. The molecule has 0 atom stereocenters. The molecule has 0 aliphatic carbocycles. The number of carbonyl (C=O) groups is 1. The summed E-state index contributed by atoms with van der Waals surface area (Å²) in [5, 5.41) is 19.6. The van der Waals surface area contributed by atoms with Crippen LogP contribution in [-0.4, -0.2) is 32.7 Å². The van der Waals surface area contributed by atoms with Gasteiger partial charge in [-0.3, -0.25) is 10.1 Å². The number of aromatic nitrogens is 3. The van der Waals surface area contributed by atoms with Crippen molar-refractivity contribution in [2.45, 2.75) is 20.1 Å². The maximum absolute atomic E-state index is 12.5. The van der Waals surface area contributed by atoms with Crippen molar-refractivity contribution in [2.75, 3.05) is 6.79 Å². The molecular formula is C19H16N4O6. The van der Waals surface area contributed by atoms with Gasteiger partial charge in [-0.1, -0.05) is 18.2 Å². The summed E-state index contributed by atoms with van der Waals surface area (Å²) in [6.07, 6.45) is 0. The Labute approximate surface area is 164 Å². The number of para-hydroxylation sites is 1. The van der Waals surface area contributed by atoms with Gasteiger partial charge in [-0.25, -0.2) is 4.79 Å². The first-order valence-electron chi connectivity index (χ1n) is 8.70. The highest BCUT2D eigenvalue weighted by Crippen LogP contribution is 2.33. The number of aryl methyl sites for hydroxylation is 1. The Balaban J connectivity index is 1.55. The minimum Gasteiger partial charge on any atom is -0.467 e. The SMILES string of the molecule is Cc1nn(-c2ccccc2)nc1C(=O)OCc1cc([N+](=O)[O-])cc2c1OCOC2. The van der Waals surface area contributed by atoms with Crippen LogP contribution in [0.1, 0.15) is 27.3 Å². The number of ether oxygens (including phenoxy) is 3. The first-order valence-corrected chi connectivity index (χ1v) is 8.70. The second-order valence-corrected chi connectivity index (χ2v) is 6.30. The number of fused-ring (bicyclic) bond motifs is 1. The van der Waals surface area contributed by atoms with Crippen LogP contribution in [0.5, 0.6) is 5.75 Å². The first kappa shape index (κ1) is 18.6. The fourth-order valence-electron chi connectivity index (χ4n) is 2.95. The lowest BCUT2D eigenvalue weighted by atomic mass is 10.1. The van der Waals surface area contributed by atoms with Gasteiger partial charge >= 0.3 is 5.97 Å². The molecule has 0 bridgehead atoms. The van der Waals surface area contributed by atoms with Gasteiger partial charge in [0, 0.05) is 23.3 Å². The third-order valence-corrected chi connectivity index (χ3v) is 4.30. The fraction of sp³-hybridized carbons (Fsp3) is 0.211. The van der Waals surface area contributed by atoms with Gasteiger partial charge in [0.1, 0.15) is 12.4 Å². The average molecular weight is 396 g/mol. The summed E-state index contributed by atoms with van der Waals surface area (Å²) in [5.41, 5.74) is 1.97. The van der Waals surface area contributed by atoms with Gasteiger partial charge in [0.2, 0.25) is 0 Å². The van der Waals surface area contributed by atoms with E-state index in [1.165, 1.54) is 16.9 Å². The van der Waals surface area contributed by atoms with Crippen LogP contribution in [-0.2, 0) is 22.7 Å². The summed E-state index contributed by atoms with van der Waals surface area (Å²) >= 11 is 0. The predicted octanol–water partition coefficient (Wildman–Crippen LogP) is 2.71. The van der Waals surface area contributed by atoms with Crippen LogP contribution in [0.15, 0.2) is 42.5 Å². The van der Waals surface area contributed by atoms with Gasteiger partial charge in [-0.15, -0.1) is 5.10 Å². The Bertz CT molecular complexity index is 1080. The lowest BCUT2D eigenvalue weighted by Crippen LogP contribution is -2.15. The zero-order valence-corrected chi connectivity index (χ0v) is 15.4. The van der Waals surface area contributed by atoms with Crippen molar-refractivity contribution in [3.05, 3.63) is 75.1 Å². The van der Waals surface area contributed by atoms with E-state index in [9.17, 15) is 14.9 Å². The number of benzene rings is 2. The van der Waals surface area contributed by atoms with Crippen molar-refractivity contribution in [3.63, 3.8) is 0 Å². The smallest absolute Gasteiger partial charge is 0.361 e. The van der Waals surface area contributed by atoms with Gasteiger partial charge in [0.25, 0.3) is 5.69 Å². The summed E-state index contributed by atoms with van der Waals surface area (Å²) in [6.45, 7) is 1.65. The molecule has 2 heterocycles. The number of carbonyl (C=O) groups excluding carboxylic acids is 1. The van der Waals surface area contributed by atoms with Gasteiger partial charge in [0.05, 0.1) is 22.9 Å². The van der Waals surface area contributed by atoms with Crippen molar-refractivity contribution in [1.82, 2.24) is 15.0 Å². The van der Waals surface area contributed by atoms with E-state index < -0.39 is 10.9 Å². The van der Waals surface area contributed by atoms with Crippen molar-refractivity contribution in [1.29, 1.82) is 0 Å². The number of esters is 1. The molecular weight excluding hydrogens is 380 g/mol. The van der Waals surface area contributed by atoms with E-state index >= 15 is 0 Å². The zero-order chi connectivity index (χ0) is 20.4. The molecule has 2 aromatic carbocycles. The van der Waals surface area contributed by atoms with E-state index in [1.54, 1.807) is 6.92 Å². The molecule has 148 valence electrons. The number of nitro benzene ring substituents is 1. The van der Waals surface area contributed by atoms with E-state index in [0.29, 0.717) is 28.3 Å². The molecule has 10 heteroatoms. The standard InChI is InChI=1S/C19H16N4O6/c1-12-17(21-22(20-12)15-5-3-2-4-6-15)19(24)28-10-14-8-16(23(25)26)7-13-9-27-11-29-18(13)14/h2-8H,9-11H2,1H3. The van der Waals surface area contributed by atoms with Gasteiger partial charge < -0.3 is 14.2 Å². The molecule has 0 N–H and O–H groups in total. The van der Waals surface area contributed by atoms with Gasteiger partial charge in [0.15, 0.2) is 12.5 Å². The second-order valence-electron chi connectivity index (χ2n) is 6.30. The van der Waals surface area contributed by atoms with Gasteiger partial charge in [-0.05, 0) is 19.1 Å². The largest absolute Gasteiger partial charge is 0.467 e. The van der Waals surface area contributed by atoms with Crippen LogP contribution in [0.25, 0.3) is 5.69 Å². The van der Waals surface area contributed by atoms with Crippen LogP contribution >= 0.6 is 0 Å². The van der Waals surface area contributed by atoms with Crippen LogP contribution < -0.4 is 4.74 Å². The zero-order valence-electron chi connectivity index (χ0n) is 15.4. The van der Waals surface area contributed by atoms with E-state index in [4.69, 9.17) is 14.2 Å². The van der Waals surface area contributed by atoms with E-state index in [2.05, 4.69) is 10.2 Å². The van der Waals surface area contributed by atoms with E-state index in [0.717, 1.165) is 0 Å². The number of hydrogen-bond donors (Lipinski definition) is 0. The molecule has 0 saturated carbocycles. The number of non-ortho nitro benzene ring substituents is 1. The van der Waals surface area contributed by atoms with Crippen molar-refractivity contribution >= 4 is 11.7 Å². The third-order valence-electron chi connectivity index (χ3n) is 4.30. The maximum Gasteiger partial charge on any atom is 0.361 e. The third kappa shape index (κ3) is 3.78. The summed E-state index contributed by atoms with van der Waals surface area (Å²) in [4.78, 5) is 24.5.